The van der Waals surface area contributed by atoms with Gasteiger partial charge in [-0.15, -0.1) is 0 Å². The summed E-state index contributed by atoms with van der Waals surface area (Å²) < 4.78 is 5.12. The molecule has 0 amide bonds. The number of allylic oxidation sites excluding steroid dienone is 2. The summed E-state index contributed by atoms with van der Waals surface area (Å²) in [6.07, 6.45) is 7.68. The van der Waals surface area contributed by atoms with Gasteiger partial charge in [-0.2, -0.15) is 0 Å². The zero-order chi connectivity index (χ0) is 9.97. The first-order valence-corrected chi connectivity index (χ1v) is 5.03. The molecule has 14 heavy (non-hydrogen) atoms. The number of aromatic nitrogens is 1. The summed E-state index contributed by atoms with van der Waals surface area (Å²) in [5.41, 5.74) is 4.09. The average Bonchev–Trinajstić information content (AvgIpc) is 2.27. The minimum absolute atomic E-state index is 0.723. The van der Waals surface area contributed by atoms with Crippen LogP contribution < -0.4 is 4.74 Å². The van der Waals surface area contributed by atoms with Gasteiger partial charge in [0, 0.05) is 12.3 Å². The third-order valence-corrected chi connectivity index (χ3v) is 2.76. The van der Waals surface area contributed by atoms with Crippen LogP contribution in [0.4, 0.5) is 0 Å². The molecule has 0 bridgehead atoms. The standard InChI is InChI=1S/C12H15NO/c1-3-9-5-4-6-10-7-12(14-2)13-8-11(9)10/h3,7-8H,4-6H2,1-2H3. The molecule has 0 spiro atoms. The van der Waals surface area contributed by atoms with Gasteiger partial charge in [-0.1, -0.05) is 6.08 Å². The Labute approximate surface area is 84.6 Å². The molecule has 0 fully saturated rings. The molecule has 74 valence electrons. The van der Waals surface area contributed by atoms with Gasteiger partial charge in [0.05, 0.1) is 7.11 Å². The molecule has 2 rings (SSSR count). The molecular weight excluding hydrogens is 174 g/mol. The summed E-state index contributed by atoms with van der Waals surface area (Å²) in [7, 11) is 1.66. The summed E-state index contributed by atoms with van der Waals surface area (Å²) in [6.45, 7) is 2.09. The molecule has 0 atom stereocenters. The summed E-state index contributed by atoms with van der Waals surface area (Å²) in [6, 6.07) is 2.05. The van der Waals surface area contributed by atoms with Crippen molar-refractivity contribution in [2.45, 2.75) is 26.2 Å². The summed E-state index contributed by atoms with van der Waals surface area (Å²) in [4.78, 5) is 4.25. The maximum atomic E-state index is 5.12. The van der Waals surface area contributed by atoms with Crippen molar-refractivity contribution in [3.05, 3.63) is 29.5 Å². The quantitative estimate of drug-likeness (QED) is 0.677. The van der Waals surface area contributed by atoms with Crippen LogP contribution in [0.1, 0.15) is 30.9 Å². The first kappa shape index (κ1) is 9.25. The Balaban J connectivity index is 2.46. The van der Waals surface area contributed by atoms with Gasteiger partial charge in [-0.3, -0.25) is 0 Å². The van der Waals surface area contributed by atoms with Crippen molar-refractivity contribution in [1.29, 1.82) is 0 Å². The van der Waals surface area contributed by atoms with E-state index in [-0.39, 0.29) is 0 Å². The van der Waals surface area contributed by atoms with Crippen LogP contribution in [0, 0.1) is 0 Å². The lowest BCUT2D eigenvalue weighted by molar-refractivity contribution is 0.397. The first-order valence-electron chi connectivity index (χ1n) is 5.03. The fourth-order valence-electron chi connectivity index (χ4n) is 1.99. The van der Waals surface area contributed by atoms with Crippen LogP contribution >= 0.6 is 0 Å². The predicted molar refractivity (Wildman–Crippen MR) is 57.4 cm³/mol. The van der Waals surface area contributed by atoms with E-state index >= 15 is 0 Å². The second-order valence-electron chi connectivity index (χ2n) is 3.55. The molecule has 0 aliphatic heterocycles. The van der Waals surface area contributed by atoms with Crippen LogP contribution in [0.5, 0.6) is 5.88 Å². The summed E-state index contributed by atoms with van der Waals surface area (Å²) in [5.74, 6) is 0.723. The second kappa shape index (κ2) is 3.82. The number of methoxy groups -OCH3 is 1. The molecule has 1 aliphatic carbocycles. The zero-order valence-electron chi connectivity index (χ0n) is 8.71. The lowest BCUT2D eigenvalue weighted by Crippen LogP contribution is -2.03. The fraction of sp³-hybridized carbons (Fsp3) is 0.417. The average molecular weight is 189 g/mol. The topological polar surface area (TPSA) is 22.1 Å². The van der Waals surface area contributed by atoms with Crippen molar-refractivity contribution in [3.8, 4) is 5.88 Å². The van der Waals surface area contributed by atoms with Gasteiger partial charge >= 0.3 is 0 Å². The highest BCUT2D eigenvalue weighted by atomic mass is 16.5. The molecule has 2 nitrogen and oxygen atoms in total. The van der Waals surface area contributed by atoms with E-state index in [0.717, 1.165) is 12.3 Å². The molecule has 0 saturated heterocycles. The maximum absolute atomic E-state index is 5.12. The maximum Gasteiger partial charge on any atom is 0.213 e. The van der Waals surface area contributed by atoms with Crippen LogP contribution in [0.25, 0.3) is 5.57 Å². The molecule has 1 aromatic heterocycles. The molecule has 1 heterocycles. The number of pyridine rings is 1. The van der Waals surface area contributed by atoms with E-state index in [9.17, 15) is 0 Å². The smallest absolute Gasteiger partial charge is 0.213 e. The monoisotopic (exact) mass is 189 g/mol. The molecule has 0 unspecified atom stereocenters. The number of hydrogen-bond acceptors (Lipinski definition) is 2. The van der Waals surface area contributed by atoms with E-state index < -0.39 is 0 Å². The number of aryl methyl sites for hydroxylation is 1. The number of hydrogen-bond donors (Lipinski definition) is 0. The van der Waals surface area contributed by atoms with Crippen LogP contribution in [-0.4, -0.2) is 12.1 Å². The Morgan fingerprint density at radius 2 is 2.29 bits per heavy atom. The second-order valence-corrected chi connectivity index (χ2v) is 3.55. The highest BCUT2D eigenvalue weighted by Crippen LogP contribution is 2.31. The van der Waals surface area contributed by atoms with Gasteiger partial charge in [0.15, 0.2) is 0 Å². The van der Waals surface area contributed by atoms with E-state index in [0.29, 0.717) is 0 Å². The fourth-order valence-corrected chi connectivity index (χ4v) is 1.99. The van der Waals surface area contributed by atoms with Gasteiger partial charge in [-0.05, 0) is 42.9 Å². The Morgan fingerprint density at radius 1 is 1.43 bits per heavy atom. The van der Waals surface area contributed by atoms with E-state index in [2.05, 4.69) is 24.1 Å². The normalized spacial score (nSPS) is 18.0. The van der Waals surface area contributed by atoms with E-state index in [1.54, 1.807) is 7.11 Å². The Kier molecular flexibility index (Phi) is 2.53. The molecule has 1 aliphatic rings. The third kappa shape index (κ3) is 1.52. The largest absolute Gasteiger partial charge is 0.481 e. The van der Waals surface area contributed by atoms with Gasteiger partial charge in [-0.25, -0.2) is 4.98 Å². The van der Waals surface area contributed by atoms with E-state index in [1.807, 2.05) is 6.20 Å². The molecule has 0 radical (unpaired) electrons. The number of nitrogens with zero attached hydrogens (tertiary/aromatic N) is 1. The lowest BCUT2D eigenvalue weighted by atomic mass is 9.89. The van der Waals surface area contributed by atoms with Gasteiger partial charge in [0.2, 0.25) is 5.88 Å². The minimum Gasteiger partial charge on any atom is -0.481 e. The van der Waals surface area contributed by atoms with Crippen LogP contribution in [0.15, 0.2) is 18.3 Å². The zero-order valence-corrected chi connectivity index (χ0v) is 8.71. The molecular formula is C12H15NO. The number of ether oxygens (including phenoxy) is 1. The SMILES string of the molecule is CC=C1CCCc2cc(OC)ncc21. The third-order valence-electron chi connectivity index (χ3n) is 2.76. The van der Waals surface area contributed by atoms with E-state index in [4.69, 9.17) is 4.74 Å². The lowest BCUT2D eigenvalue weighted by Gasteiger charge is -2.18. The van der Waals surface area contributed by atoms with Gasteiger partial charge < -0.3 is 4.74 Å². The number of fused-ring (bicyclic) bond motifs is 1. The van der Waals surface area contributed by atoms with Crippen LogP contribution in [-0.2, 0) is 6.42 Å². The molecule has 0 saturated carbocycles. The Hall–Kier alpha value is -1.31. The van der Waals surface area contributed by atoms with Gasteiger partial charge in [0.25, 0.3) is 0 Å². The van der Waals surface area contributed by atoms with E-state index in [1.165, 1.54) is 29.5 Å². The summed E-state index contributed by atoms with van der Waals surface area (Å²) in [5, 5.41) is 0. The van der Waals surface area contributed by atoms with Crippen molar-refractivity contribution < 1.29 is 4.74 Å². The molecule has 0 aromatic carbocycles. The predicted octanol–water partition coefficient (Wildman–Crippen LogP) is 2.83. The number of rotatable bonds is 1. The summed E-state index contributed by atoms with van der Waals surface area (Å²) >= 11 is 0. The molecule has 0 N–H and O–H groups in total. The van der Waals surface area contributed by atoms with Crippen molar-refractivity contribution in [3.63, 3.8) is 0 Å². The Bertz CT molecular complexity index is 369. The molecule has 1 aromatic rings. The van der Waals surface area contributed by atoms with Crippen molar-refractivity contribution >= 4 is 5.57 Å². The van der Waals surface area contributed by atoms with Crippen molar-refractivity contribution in [2.24, 2.45) is 0 Å². The van der Waals surface area contributed by atoms with Crippen LogP contribution in [0.3, 0.4) is 0 Å². The minimum atomic E-state index is 0.723. The van der Waals surface area contributed by atoms with Crippen molar-refractivity contribution in [2.75, 3.05) is 7.11 Å². The first-order chi connectivity index (χ1) is 6.85. The van der Waals surface area contributed by atoms with Gasteiger partial charge in [0.1, 0.15) is 0 Å². The molecule has 2 heteroatoms. The van der Waals surface area contributed by atoms with Crippen LogP contribution in [0.2, 0.25) is 0 Å². The highest BCUT2D eigenvalue weighted by Gasteiger charge is 2.14. The highest BCUT2D eigenvalue weighted by molar-refractivity contribution is 5.69. The van der Waals surface area contributed by atoms with Crippen molar-refractivity contribution in [1.82, 2.24) is 4.98 Å². The Morgan fingerprint density at radius 3 is 3.00 bits per heavy atom.